The zero-order valence-electron chi connectivity index (χ0n) is 12.8. The van der Waals surface area contributed by atoms with Crippen molar-refractivity contribution in [3.05, 3.63) is 63.7 Å². The molecule has 0 saturated heterocycles. The molecular weight excluding hydrogens is 308 g/mol. The van der Waals surface area contributed by atoms with Crippen molar-refractivity contribution in [2.75, 3.05) is 5.32 Å². The summed E-state index contributed by atoms with van der Waals surface area (Å²) >= 11 is 0. The molecule has 8 nitrogen and oxygen atoms in total. The van der Waals surface area contributed by atoms with Crippen LogP contribution in [0.4, 0.5) is 11.6 Å². The van der Waals surface area contributed by atoms with Crippen molar-refractivity contribution in [3.63, 3.8) is 0 Å². The Labute approximate surface area is 136 Å². The van der Waals surface area contributed by atoms with Gasteiger partial charge in [0, 0.05) is 17.2 Å². The smallest absolute Gasteiger partial charge is 0.272 e. The lowest BCUT2D eigenvalue weighted by atomic mass is 10.1. The van der Waals surface area contributed by atoms with Crippen LogP contribution in [0.15, 0.2) is 47.5 Å². The third-order valence-electron chi connectivity index (χ3n) is 4.07. The van der Waals surface area contributed by atoms with Crippen molar-refractivity contribution in [1.29, 1.82) is 0 Å². The highest BCUT2D eigenvalue weighted by molar-refractivity contribution is 5.94. The fourth-order valence-electron chi connectivity index (χ4n) is 2.92. The number of para-hydroxylation sites is 2. The molecular formula is C16H14N6O2. The highest BCUT2D eigenvalue weighted by Gasteiger charge is 2.26. The molecule has 0 bridgehead atoms. The molecule has 1 aliphatic rings. The van der Waals surface area contributed by atoms with Gasteiger partial charge < -0.3 is 5.73 Å². The lowest BCUT2D eigenvalue weighted by Crippen LogP contribution is -2.31. The highest BCUT2D eigenvalue weighted by Crippen LogP contribution is 2.34. The number of aryl methyl sites for hydroxylation is 1. The maximum absolute atomic E-state index is 11.2. The van der Waals surface area contributed by atoms with Crippen LogP contribution in [0.5, 0.6) is 0 Å². The summed E-state index contributed by atoms with van der Waals surface area (Å²) in [6.45, 7) is 1.71. The number of imidazole rings is 1. The lowest BCUT2D eigenvalue weighted by molar-refractivity contribution is -0.385. The topological polar surface area (TPSA) is 111 Å². The van der Waals surface area contributed by atoms with Crippen LogP contribution in [0, 0.1) is 17.0 Å². The minimum atomic E-state index is -0.507. The standard InChI is InChI=1S/C16H14N6O2/c1-9-6-7-10(8-13(9)22(23)24)14-19-15(17)20-16-18-11-4-2-3-5-12(11)21(14)16/h2-8,14H,1H3,(H3,17,18,19,20). The van der Waals surface area contributed by atoms with Crippen LogP contribution in [0.25, 0.3) is 11.0 Å². The summed E-state index contributed by atoms with van der Waals surface area (Å²) in [5.74, 6) is 0.794. The van der Waals surface area contributed by atoms with E-state index >= 15 is 0 Å². The Kier molecular flexibility index (Phi) is 2.99. The Hall–Kier alpha value is -3.42. The molecule has 1 aliphatic heterocycles. The van der Waals surface area contributed by atoms with Crippen molar-refractivity contribution in [2.45, 2.75) is 13.1 Å². The Morgan fingerprint density at radius 1 is 1.29 bits per heavy atom. The van der Waals surface area contributed by atoms with E-state index in [0.29, 0.717) is 17.1 Å². The van der Waals surface area contributed by atoms with Crippen LogP contribution in [-0.2, 0) is 0 Å². The monoisotopic (exact) mass is 322 g/mol. The molecule has 24 heavy (non-hydrogen) atoms. The van der Waals surface area contributed by atoms with Gasteiger partial charge in [-0.15, -0.1) is 0 Å². The largest absolute Gasteiger partial charge is 0.370 e. The number of nitro benzene ring substituents is 1. The van der Waals surface area contributed by atoms with Crippen LogP contribution in [0.1, 0.15) is 17.3 Å². The van der Waals surface area contributed by atoms with Gasteiger partial charge in [0.25, 0.3) is 5.69 Å². The van der Waals surface area contributed by atoms with Crippen molar-refractivity contribution in [1.82, 2.24) is 9.55 Å². The van der Waals surface area contributed by atoms with Crippen molar-refractivity contribution in [2.24, 2.45) is 10.7 Å². The van der Waals surface area contributed by atoms with E-state index in [1.807, 2.05) is 34.9 Å². The molecule has 1 atom stereocenters. The van der Waals surface area contributed by atoms with E-state index in [1.165, 1.54) is 0 Å². The number of benzene rings is 2. The Morgan fingerprint density at radius 2 is 2.08 bits per heavy atom. The number of hydrogen-bond acceptors (Lipinski definition) is 6. The number of aliphatic imine (C=N–C) groups is 1. The number of guanidine groups is 1. The van der Waals surface area contributed by atoms with Crippen molar-refractivity contribution < 1.29 is 4.92 Å². The second kappa shape index (κ2) is 5.05. The summed E-state index contributed by atoms with van der Waals surface area (Å²) in [7, 11) is 0. The van der Waals surface area contributed by atoms with Gasteiger partial charge in [0.15, 0.2) is 12.1 Å². The summed E-state index contributed by atoms with van der Waals surface area (Å²) in [6.07, 6.45) is -0.507. The zero-order chi connectivity index (χ0) is 16.8. The molecule has 0 aliphatic carbocycles. The van der Waals surface area contributed by atoms with Gasteiger partial charge in [-0.3, -0.25) is 20.0 Å². The molecule has 1 unspecified atom stereocenters. The van der Waals surface area contributed by atoms with Gasteiger partial charge in [-0.2, -0.15) is 0 Å². The van der Waals surface area contributed by atoms with Gasteiger partial charge >= 0.3 is 0 Å². The van der Waals surface area contributed by atoms with Gasteiger partial charge in [-0.05, 0) is 19.1 Å². The maximum atomic E-state index is 11.2. The van der Waals surface area contributed by atoms with Crippen LogP contribution in [-0.4, -0.2) is 20.4 Å². The Bertz CT molecular complexity index is 1010. The number of nitrogens with two attached hydrogens (primary N) is 1. The summed E-state index contributed by atoms with van der Waals surface area (Å²) in [5.41, 5.74) is 8.90. The fraction of sp³-hybridized carbons (Fsp3) is 0.125. The first-order chi connectivity index (χ1) is 11.5. The molecule has 0 amide bonds. The minimum absolute atomic E-state index is 0.0609. The molecule has 0 radical (unpaired) electrons. The third-order valence-corrected chi connectivity index (χ3v) is 4.07. The minimum Gasteiger partial charge on any atom is -0.370 e. The molecule has 3 aromatic rings. The Balaban J connectivity index is 1.94. The van der Waals surface area contributed by atoms with E-state index in [1.54, 1.807) is 19.1 Å². The van der Waals surface area contributed by atoms with E-state index in [9.17, 15) is 10.1 Å². The summed E-state index contributed by atoms with van der Waals surface area (Å²) < 4.78 is 1.89. The molecule has 2 heterocycles. The average molecular weight is 322 g/mol. The van der Waals surface area contributed by atoms with Crippen LogP contribution < -0.4 is 11.1 Å². The second-order valence-corrected chi connectivity index (χ2v) is 5.61. The van der Waals surface area contributed by atoms with E-state index in [0.717, 1.165) is 11.0 Å². The number of aromatic nitrogens is 2. The van der Waals surface area contributed by atoms with E-state index < -0.39 is 6.17 Å². The van der Waals surface area contributed by atoms with Gasteiger partial charge in [0.05, 0.1) is 16.0 Å². The molecule has 2 aromatic carbocycles. The van der Waals surface area contributed by atoms with Crippen molar-refractivity contribution >= 4 is 28.6 Å². The first-order valence-electron chi connectivity index (χ1n) is 7.37. The van der Waals surface area contributed by atoms with Gasteiger partial charge in [0.1, 0.15) is 0 Å². The number of nitro groups is 1. The number of fused-ring (bicyclic) bond motifs is 3. The SMILES string of the molecule is Cc1ccc(C2N=C(N)Nc3nc4ccccc4n32)cc1[N+](=O)[O-]. The number of rotatable bonds is 2. The third kappa shape index (κ3) is 2.08. The van der Waals surface area contributed by atoms with Crippen LogP contribution in [0.3, 0.4) is 0 Å². The molecule has 0 saturated carbocycles. The second-order valence-electron chi connectivity index (χ2n) is 5.61. The van der Waals surface area contributed by atoms with Crippen LogP contribution in [0.2, 0.25) is 0 Å². The first kappa shape index (κ1) is 14.2. The fourth-order valence-corrected chi connectivity index (χ4v) is 2.92. The number of nitrogens with zero attached hydrogens (tertiary/aromatic N) is 4. The van der Waals surface area contributed by atoms with Crippen molar-refractivity contribution in [3.8, 4) is 0 Å². The molecule has 8 heteroatoms. The van der Waals surface area contributed by atoms with E-state index in [4.69, 9.17) is 5.73 Å². The van der Waals surface area contributed by atoms with Gasteiger partial charge in [-0.25, -0.2) is 9.98 Å². The summed E-state index contributed by atoms with van der Waals surface area (Å²) in [5, 5.41) is 14.2. The first-order valence-corrected chi connectivity index (χ1v) is 7.37. The molecule has 1 aromatic heterocycles. The molecule has 4 rings (SSSR count). The number of anilines is 1. The van der Waals surface area contributed by atoms with E-state index in [-0.39, 0.29) is 16.6 Å². The molecule has 120 valence electrons. The van der Waals surface area contributed by atoms with Crippen LogP contribution >= 0.6 is 0 Å². The molecule has 0 fully saturated rings. The predicted molar refractivity (Wildman–Crippen MR) is 91.0 cm³/mol. The Morgan fingerprint density at radius 3 is 2.88 bits per heavy atom. The number of hydrogen-bond donors (Lipinski definition) is 2. The average Bonchev–Trinajstić information content (AvgIpc) is 2.92. The van der Waals surface area contributed by atoms with Gasteiger partial charge in [-0.1, -0.05) is 24.3 Å². The number of nitrogens with one attached hydrogen (secondary N) is 1. The quantitative estimate of drug-likeness (QED) is 0.556. The zero-order valence-corrected chi connectivity index (χ0v) is 12.8. The highest BCUT2D eigenvalue weighted by atomic mass is 16.6. The maximum Gasteiger partial charge on any atom is 0.272 e. The van der Waals surface area contributed by atoms with Gasteiger partial charge in [0.2, 0.25) is 5.95 Å². The van der Waals surface area contributed by atoms with E-state index in [2.05, 4.69) is 15.3 Å². The lowest BCUT2D eigenvalue weighted by Gasteiger charge is -2.23. The normalized spacial score (nSPS) is 16.4. The summed E-state index contributed by atoms with van der Waals surface area (Å²) in [6, 6.07) is 12.7. The molecule has 0 spiro atoms. The summed E-state index contributed by atoms with van der Waals surface area (Å²) in [4.78, 5) is 19.8. The molecule has 3 N–H and O–H groups in total. The predicted octanol–water partition coefficient (Wildman–Crippen LogP) is 2.54.